The number of likely N-dealkylation sites (tertiary alicyclic amines) is 1. The number of aryl methyl sites for hydroxylation is 1. The molecule has 216 valence electrons. The van der Waals surface area contributed by atoms with E-state index in [4.69, 9.17) is 9.47 Å². The van der Waals surface area contributed by atoms with Crippen molar-refractivity contribution < 1.29 is 24.2 Å². The molecule has 2 heterocycles. The summed E-state index contributed by atoms with van der Waals surface area (Å²) in [5.41, 5.74) is 3.45. The number of hydrogen-bond acceptors (Lipinski definition) is 6. The standard InChI is InChI=1S/C33H44N2O5/c1-6-7-19-40-27-14-11-25(22-23(27)2)30(36)28-29(24-9-12-26(13-10-24)33(3,4)5)35(32(38)31(28)37)16-8-15-34-17-20-39-21-18-34/h9-14,22,29,36H,6-8,15-21H2,1-5H3/b30-28+/t29-/m1/s1. The highest BCUT2D eigenvalue weighted by Crippen LogP contribution is 2.40. The predicted octanol–water partition coefficient (Wildman–Crippen LogP) is 5.62. The van der Waals surface area contributed by atoms with Crippen LogP contribution in [0.15, 0.2) is 48.0 Å². The lowest BCUT2D eigenvalue weighted by atomic mass is 9.85. The lowest BCUT2D eigenvalue weighted by Crippen LogP contribution is -2.39. The fourth-order valence-corrected chi connectivity index (χ4v) is 5.35. The molecule has 2 saturated heterocycles. The Kier molecular flexibility index (Phi) is 9.69. The van der Waals surface area contributed by atoms with Crippen molar-refractivity contribution in [2.45, 2.75) is 65.3 Å². The summed E-state index contributed by atoms with van der Waals surface area (Å²) in [5.74, 6) is -0.607. The van der Waals surface area contributed by atoms with E-state index in [0.29, 0.717) is 31.9 Å². The van der Waals surface area contributed by atoms with Crippen LogP contribution in [-0.4, -0.2) is 72.6 Å². The minimum Gasteiger partial charge on any atom is -0.507 e. The predicted molar refractivity (Wildman–Crippen MR) is 158 cm³/mol. The molecule has 1 amide bonds. The number of carbonyl (C=O) groups excluding carboxylic acids is 2. The van der Waals surface area contributed by atoms with Crippen molar-refractivity contribution in [3.63, 3.8) is 0 Å². The fraction of sp³-hybridized carbons (Fsp3) is 0.515. The average Bonchev–Trinajstić information content (AvgIpc) is 3.19. The van der Waals surface area contributed by atoms with Crippen LogP contribution in [0.3, 0.4) is 0 Å². The van der Waals surface area contributed by atoms with Gasteiger partial charge in [0.2, 0.25) is 0 Å². The molecule has 2 fully saturated rings. The van der Waals surface area contributed by atoms with Crippen LogP contribution in [0.4, 0.5) is 0 Å². The number of carbonyl (C=O) groups is 2. The number of ketones is 1. The van der Waals surface area contributed by atoms with Crippen LogP contribution in [0.2, 0.25) is 0 Å². The van der Waals surface area contributed by atoms with Crippen molar-refractivity contribution in [1.29, 1.82) is 0 Å². The summed E-state index contributed by atoms with van der Waals surface area (Å²) in [4.78, 5) is 30.8. The van der Waals surface area contributed by atoms with E-state index < -0.39 is 17.7 Å². The van der Waals surface area contributed by atoms with Gasteiger partial charge in [0.1, 0.15) is 11.5 Å². The lowest BCUT2D eigenvalue weighted by molar-refractivity contribution is -0.140. The lowest BCUT2D eigenvalue weighted by Gasteiger charge is -2.29. The smallest absolute Gasteiger partial charge is 0.295 e. The Labute approximate surface area is 238 Å². The van der Waals surface area contributed by atoms with Crippen LogP contribution >= 0.6 is 0 Å². The summed E-state index contributed by atoms with van der Waals surface area (Å²) in [7, 11) is 0. The molecular formula is C33H44N2O5. The van der Waals surface area contributed by atoms with Crippen molar-refractivity contribution in [3.8, 4) is 5.75 Å². The van der Waals surface area contributed by atoms with Crippen LogP contribution in [0.1, 0.15) is 75.3 Å². The molecule has 0 saturated carbocycles. The van der Waals surface area contributed by atoms with Gasteiger partial charge in [-0.1, -0.05) is 58.4 Å². The summed E-state index contributed by atoms with van der Waals surface area (Å²) in [5, 5.41) is 11.5. The number of Topliss-reactive ketones (excluding diaryl/α,β-unsaturated/α-hetero) is 1. The van der Waals surface area contributed by atoms with E-state index in [-0.39, 0.29) is 16.7 Å². The van der Waals surface area contributed by atoms with E-state index in [0.717, 1.165) is 61.3 Å². The zero-order valence-corrected chi connectivity index (χ0v) is 24.7. The van der Waals surface area contributed by atoms with Gasteiger partial charge in [-0.15, -0.1) is 0 Å². The highest BCUT2D eigenvalue weighted by atomic mass is 16.5. The summed E-state index contributed by atoms with van der Waals surface area (Å²) < 4.78 is 11.3. The topological polar surface area (TPSA) is 79.3 Å². The highest BCUT2D eigenvalue weighted by Gasteiger charge is 2.46. The van der Waals surface area contributed by atoms with Crippen LogP contribution in [-0.2, 0) is 19.7 Å². The number of amides is 1. The molecule has 0 aromatic heterocycles. The van der Waals surface area contributed by atoms with Crippen LogP contribution in [0.5, 0.6) is 5.75 Å². The van der Waals surface area contributed by atoms with Crippen molar-refractivity contribution in [2.75, 3.05) is 46.0 Å². The molecule has 7 nitrogen and oxygen atoms in total. The van der Waals surface area contributed by atoms with E-state index in [9.17, 15) is 14.7 Å². The molecule has 2 aliphatic rings. The first-order valence-electron chi connectivity index (χ1n) is 14.5. The van der Waals surface area contributed by atoms with Gasteiger partial charge in [-0.2, -0.15) is 0 Å². The Bertz CT molecular complexity index is 1220. The number of aliphatic hydroxyl groups is 1. The molecule has 1 N–H and O–H groups in total. The van der Waals surface area contributed by atoms with Crippen molar-refractivity contribution in [3.05, 3.63) is 70.3 Å². The first-order chi connectivity index (χ1) is 19.1. The largest absolute Gasteiger partial charge is 0.507 e. The Hall–Kier alpha value is -3.16. The molecule has 2 aliphatic heterocycles. The number of hydrogen-bond donors (Lipinski definition) is 1. The van der Waals surface area contributed by atoms with Gasteiger partial charge in [-0.05, 0) is 60.1 Å². The number of unbranched alkanes of at least 4 members (excludes halogenated alkanes) is 1. The zero-order valence-electron chi connectivity index (χ0n) is 24.7. The molecule has 0 radical (unpaired) electrons. The number of nitrogens with zero attached hydrogens (tertiary/aromatic N) is 2. The molecule has 7 heteroatoms. The highest BCUT2D eigenvalue weighted by molar-refractivity contribution is 6.46. The molecule has 4 rings (SSSR count). The van der Waals surface area contributed by atoms with E-state index in [1.54, 1.807) is 11.0 Å². The van der Waals surface area contributed by atoms with Gasteiger partial charge < -0.3 is 19.5 Å². The van der Waals surface area contributed by atoms with E-state index in [1.165, 1.54) is 0 Å². The maximum Gasteiger partial charge on any atom is 0.295 e. The number of aliphatic hydroxyl groups excluding tert-OH is 1. The second kappa shape index (κ2) is 13.0. The third kappa shape index (κ3) is 6.76. The van der Waals surface area contributed by atoms with Gasteiger partial charge in [0.05, 0.1) is 31.4 Å². The number of morpholine rings is 1. The van der Waals surface area contributed by atoms with Gasteiger partial charge >= 0.3 is 0 Å². The van der Waals surface area contributed by atoms with E-state index in [2.05, 4.69) is 44.7 Å². The first-order valence-corrected chi connectivity index (χ1v) is 14.5. The molecule has 40 heavy (non-hydrogen) atoms. The molecular weight excluding hydrogens is 504 g/mol. The van der Waals surface area contributed by atoms with Gasteiger partial charge in [-0.3, -0.25) is 14.5 Å². The average molecular weight is 549 g/mol. The maximum absolute atomic E-state index is 13.5. The van der Waals surface area contributed by atoms with Crippen LogP contribution in [0, 0.1) is 6.92 Å². The Balaban J connectivity index is 1.67. The maximum atomic E-state index is 13.5. The molecule has 0 bridgehead atoms. The first kappa shape index (κ1) is 29.8. The summed E-state index contributed by atoms with van der Waals surface area (Å²) in [6.45, 7) is 15.5. The Morgan fingerprint density at radius 2 is 1.73 bits per heavy atom. The van der Waals surface area contributed by atoms with E-state index in [1.807, 2.05) is 31.2 Å². The third-order valence-corrected chi connectivity index (χ3v) is 7.81. The number of ether oxygens (including phenoxy) is 2. The zero-order chi connectivity index (χ0) is 28.9. The number of rotatable bonds is 10. The molecule has 1 atom stereocenters. The van der Waals surface area contributed by atoms with Crippen molar-refractivity contribution in [2.24, 2.45) is 0 Å². The van der Waals surface area contributed by atoms with Crippen molar-refractivity contribution >= 4 is 17.4 Å². The fourth-order valence-electron chi connectivity index (χ4n) is 5.35. The van der Waals surface area contributed by atoms with Gasteiger partial charge in [0.15, 0.2) is 0 Å². The van der Waals surface area contributed by atoms with Crippen LogP contribution in [0.25, 0.3) is 5.76 Å². The second-order valence-electron chi connectivity index (χ2n) is 11.9. The minimum absolute atomic E-state index is 0.0308. The Morgan fingerprint density at radius 1 is 1.02 bits per heavy atom. The molecule has 2 aromatic rings. The van der Waals surface area contributed by atoms with E-state index >= 15 is 0 Å². The van der Waals surface area contributed by atoms with Crippen LogP contribution < -0.4 is 4.74 Å². The SMILES string of the molecule is CCCCOc1ccc(/C(O)=C2\C(=O)C(=O)N(CCCN3CCOCC3)[C@@H]2c2ccc(C(C)(C)C)cc2)cc1C. The monoisotopic (exact) mass is 548 g/mol. The summed E-state index contributed by atoms with van der Waals surface area (Å²) in [6.07, 6.45) is 2.73. The minimum atomic E-state index is -0.653. The van der Waals surface area contributed by atoms with Crippen molar-refractivity contribution in [1.82, 2.24) is 9.80 Å². The molecule has 0 aliphatic carbocycles. The molecule has 2 aromatic carbocycles. The third-order valence-electron chi connectivity index (χ3n) is 7.81. The quantitative estimate of drug-likeness (QED) is 0.180. The summed E-state index contributed by atoms with van der Waals surface area (Å²) >= 11 is 0. The van der Waals surface area contributed by atoms with Gasteiger partial charge in [0, 0.05) is 31.7 Å². The molecule has 0 unspecified atom stereocenters. The molecule has 0 spiro atoms. The normalized spacial score (nSPS) is 19.8. The van der Waals surface area contributed by atoms with Gasteiger partial charge in [0.25, 0.3) is 11.7 Å². The van der Waals surface area contributed by atoms with Gasteiger partial charge in [-0.25, -0.2) is 0 Å². The summed E-state index contributed by atoms with van der Waals surface area (Å²) in [6, 6.07) is 12.8. The number of benzene rings is 2. The second-order valence-corrected chi connectivity index (χ2v) is 11.9. The Morgan fingerprint density at radius 3 is 2.35 bits per heavy atom.